The van der Waals surface area contributed by atoms with Crippen LogP contribution in [0.2, 0.25) is 0 Å². The molecule has 0 aliphatic heterocycles. The molecule has 6 nitrogen and oxygen atoms in total. The third-order valence-corrected chi connectivity index (χ3v) is 3.92. The number of rotatable bonds is 3. The van der Waals surface area contributed by atoms with Crippen LogP contribution in [0, 0.1) is 0 Å². The standard InChI is InChI=1S/C10H13N5OS/c1-14-8(5-15-10(16)17-6-11-15)12-13-9(14)7-3-2-4-7/h6-7H,2-5H2,1H3. The Kier molecular flexibility index (Phi) is 2.54. The van der Waals surface area contributed by atoms with Gasteiger partial charge in [0, 0.05) is 13.0 Å². The second kappa shape index (κ2) is 4.06. The highest BCUT2D eigenvalue weighted by Crippen LogP contribution is 2.35. The Morgan fingerprint density at radius 2 is 2.29 bits per heavy atom. The monoisotopic (exact) mass is 251 g/mol. The maximum absolute atomic E-state index is 11.4. The van der Waals surface area contributed by atoms with E-state index in [1.165, 1.54) is 23.9 Å². The predicted octanol–water partition coefficient (Wildman–Crippen LogP) is 0.749. The molecular weight excluding hydrogens is 238 g/mol. The van der Waals surface area contributed by atoms with Crippen molar-refractivity contribution < 1.29 is 0 Å². The molecule has 0 bridgehead atoms. The van der Waals surface area contributed by atoms with Crippen molar-refractivity contribution in [3.05, 3.63) is 26.8 Å². The van der Waals surface area contributed by atoms with Crippen LogP contribution in [-0.2, 0) is 13.6 Å². The van der Waals surface area contributed by atoms with E-state index in [1.54, 1.807) is 5.51 Å². The lowest BCUT2D eigenvalue weighted by Crippen LogP contribution is -2.19. The summed E-state index contributed by atoms with van der Waals surface area (Å²) in [5.41, 5.74) is 1.55. The molecule has 2 heterocycles. The van der Waals surface area contributed by atoms with Crippen LogP contribution in [0.1, 0.15) is 36.8 Å². The van der Waals surface area contributed by atoms with E-state index in [-0.39, 0.29) is 4.87 Å². The topological polar surface area (TPSA) is 65.6 Å². The molecule has 90 valence electrons. The normalized spacial score (nSPS) is 16.1. The van der Waals surface area contributed by atoms with E-state index in [1.807, 2.05) is 11.6 Å². The van der Waals surface area contributed by atoms with Crippen LogP contribution >= 0.6 is 11.3 Å². The molecule has 1 saturated carbocycles. The van der Waals surface area contributed by atoms with Gasteiger partial charge in [0.25, 0.3) is 0 Å². The zero-order valence-corrected chi connectivity index (χ0v) is 10.4. The molecule has 0 unspecified atom stereocenters. The Hall–Kier alpha value is -1.50. The smallest absolute Gasteiger partial charge is 0.316 e. The lowest BCUT2D eigenvalue weighted by molar-refractivity contribution is 0.391. The van der Waals surface area contributed by atoms with E-state index in [0.29, 0.717) is 12.5 Å². The minimum absolute atomic E-state index is 0.0572. The lowest BCUT2D eigenvalue weighted by atomic mass is 9.85. The fraction of sp³-hybridized carbons (Fsp3) is 0.600. The summed E-state index contributed by atoms with van der Waals surface area (Å²) in [5.74, 6) is 2.38. The highest BCUT2D eigenvalue weighted by molar-refractivity contribution is 7.06. The Balaban J connectivity index is 1.86. The van der Waals surface area contributed by atoms with E-state index in [4.69, 9.17) is 0 Å². The lowest BCUT2D eigenvalue weighted by Gasteiger charge is -2.24. The van der Waals surface area contributed by atoms with E-state index >= 15 is 0 Å². The zero-order chi connectivity index (χ0) is 11.8. The second-order valence-corrected chi connectivity index (χ2v) is 5.12. The van der Waals surface area contributed by atoms with Gasteiger partial charge >= 0.3 is 4.87 Å². The van der Waals surface area contributed by atoms with Gasteiger partial charge in [0.1, 0.15) is 17.9 Å². The van der Waals surface area contributed by atoms with Gasteiger partial charge in [0.15, 0.2) is 5.82 Å². The van der Waals surface area contributed by atoms with E-state index in [9.17, 15) is 4.79 Å². The SMILES string of the molecule is Cn1c(Cn2ncsc2=O)nnc1C1CCC1. The van der Waals surface area contributed by atoms with Gasteiger partial charge in [-0.3, -0.25) is 4.79 Å². The van der Waals surface area contributed by atoms with Gasteiger partial charge < -0.3 is 4.57 Å². The van der Waals surface area contributed by atoms with Crippen molar-refractivity contribution in [3.8, 4) is 0 Å². The van der Waals surface area contributed by atoms with E-state index in [2.05, 4.69) is 15.3 Å². The molecule has 2 aromatic rings. The van der Waals surface area contributed by atoms with Gasteiger partial charge in [-0.05, 0) is 12.8 Å². The number of nitrogens with zero attached hydrogens (tertiary/aromatic N) is 5. The highest BCUT2D eigenvalue weighted by atomic mass is 32.1. The van der Waals surface area contributed by atoms with Crippen LogP contribution in [-0.4, -0.2) is 24.5 Å². The van der Waals surface area contributed by atoms with Crippen LogP contribution in [0.4, 0.5) is 0 Å². The average Bonchev–Trinajstić information content (AvgIpc) is 2.77. The summed E-state index contributed by atoms with van der Waals surface area (Å²) in [6.45, 7) is 0.401. The maximum Gasteiger partial charge on any atom is 0.325 e. The number of hydrogen-bond donors (Lipinski definition) is 0. The summed E-state index contributed by atoms with van der Waals surface area (Å²) < 4.78 is 3.41. The van der Waals surface area contributed by atoms with Crippen LogP contribution < -0.4 is 4.87 Å². The predicted molar refractivity (Wildman–Crippen MR) is 63.1 cm³/mol. The fourth-order valence-electron chi connectivity index (χ4n) is 2.01. The Morgan fingerprint density at radius 3 is 2.88 bits per heavy atom. The van der Waals surface area contributed by atoms with Gasteiger partial charge in [0.05, 0.1) is 0 Å². The molecule has 1 aliphatic rings. The third-order valence-electron chi connectivity index (χ3n) is 3.31. The van der Waals surface area contributed by atoms with Crippen LogP contribution in [0.25, 0.3) is 0 Å². The Morgan fingerprint density at radius 1 is 1.47 bits per heavy atom. The number of aromatic nitrogens is 5. The number of hydrogen-bond acceptors (Lipinski definition) is 5. The van der Waals surface area contributed by atoms with Crippen molar-refractivity contribution in [2.75, 3.05) is 0 Å². The fourth-order valence-corrected chi connectivity index (χ4v) is 2.49. The van der Waals surface area contributed by atoms with Gasteiger partial charge in [-0.25, -0.2) is 4.68 Å². The molecule has 0 saturated heterocycles. The molecule has 0 N–H and O–H groups in total. The first-order valence-corrected chi connectivity index (χ1v) is 6.52. The quantitative estimate of drug-likeness (QED) is 0.807. The van der Waals surface area contributed by atoms with Gasteiger partial charge in [-0.2, -0.15) is 5.10 Å². The Labute approximate surface area is 102 Å². The Bertz CT molecular complexity index is 580. The van der Waals surface area contributed by atoms with Gasteiger partial charge in [0.2, 0.25) is 0 Å². The first kappa shape index (κ1) is 10.6. The minimum atomic E-state index is -0.0572. The van der Waals surface area contributed by atoms with Crippen molar-refractivity contribution >= 4 is 11.3 Å². The average molecular weight is 251 g/mol. The van der Waals surface area contributed by atoms with E-state index < -0.39 is 0 Å². The summed E-state index contributed by atoms with van der Waals surface area (Å²) in [6, 6.07) is 0. The summed E-state index contributed by atoms with van der Waals surface area (Å²) in [4.78, 5) is 11.3. The van der Waals surface area contributed by atoms with Crippen molar-refractivity contribution in [1.82, 2.24) is 24.5 Å². The molecule has 0 radical (unpaired) electrons. The summed E-state index contributed by atoms with van der Waals surface area (Å²) in [7, 11) is 1.96. The molecule has 17 heavy (non-hydrogen) atoms. The van der Waals surface area contributed by atoms with Crippen LogP contribution in [0.3, 0.4) is 0 Å². The first-order chi connectivity index (χ1) is 8.25. The molecule has 0 spiro atoms. The van der Waals surface area contributed by atoms with Gasteiger partial charge in [-0.1, -0.05) is 17.8 Å². The molecular formula is C10H13N5OS. The zero-order valence-electron chi connectivity index (χ0n) is 9.54. The summed E-state index contributed by atoms with van der Waals surface area (Å²) in [5, 5.41) is 12.4. The van der Waals surface area contributed by atoms with Gasteiger partial charge in [-0.15, -0.1) is 10.2 Å². The van der Waals surface area contributed by atoms with Crippen LogP contribution in [0.5, 0.6) is 0 Å². The summed E-state index contributed by atoms with van der Waals surface area (Å²) >= 11 is 1.10. The second-order valence-electron chi connectivity index (χ2n) is 4.32. The first-order valence-electron chi connectivity index (χ1n) is 5.64. The largest absolute Gasteiger partial charge is 0.325 e. The van der Waals surface area contributed by atoms with Crippen molar-refractivity contribution in [2.24, 2.45) is 7.05 Å². The van der Waals surface area contributed by atoms with Crippen molar-refractivity contribution in [3.63, 3.8) is 0 Å². The molecule has 3 rings (SSSR count). The molecule has 1 fully saturated rings. The summed E-state index contributed by atoms with van der Waals surface area (Å²) in [6.07, 6.45) is 3.67. The van der Waals surface area contributed by atoms with Crippen LogP contribution in [0.15, 0.2) is 10.3 Å². The van der Waals surface area contributed by atoms with E-state index in [0.717, 1.165) is 23.0 Å². The van der Waals surface area contributed by atoms with Crippen molar-refractivity contribution in [2.45, 2.75) is 31.7 Å². The highest BCUT2D eigenvalue weighted by Gasteiger charge is 2.25. The maximum atomic E-state index is 11.4. The molecule has 0 atom stereocenters. The molecule has 0 amide bonds. The third kappa shape index (κ3) is 1.80. The molecule has 7 heteroatoms. The minimum Gasteiger partial charge on any atom is -0.316 e. The molecule has 0 aromatic carbocycles. The molecule has 1 aliphatic carbocycles. The van der Waals surface area contributed by atoms with Crippen molar-refractivity contribution in [1.29, 1.82) is 0 Å². The molecule has 2 aromatic heterocycles.